The molecule has 292 valence electrons. The Morgan fingerprint density at radius 3 is 1.92 bits per heavy atom. The molecule has 62 heavy (non-hydrogen) atoms. The molecule has 0 N–H and O–H groups in total. The molecule has 0 saturated carbocycles. The summed E-state index contributed by atoms with van der Waals surface area (Å²) in [6.45, 7) is 2.27. The topological polar surface area (TPSA) is 55.9 Å². The first-order valence-corrected chi connectivity index (χ1v) is 21.3. The van der Waals surface area contributed by atoms with Gasteiger partial charge in [-0.25, -0.2) is 9.98 Å². The lowest BCUT2D eigenvalue weighted by Gasteiger charge is -2.20. The Balaban J connectivity index is 1.12. The zero-order valence-electron chi connectivity index (χ0n) is 33.8. The lowest BCUT2D eigenvalue weighted by molar-refractivity contribution is 0.666. The number of nitrogens with zero attached hydrogens (tertiary/aromatic N) is 3. The lowest BCUT2D eigenvalue weighted by atomic mass is 9.92. The summed E-state index contributed by atoms with van der Waals surface area (Å²) in [6, 6.07) is 64.4. The second kappa shape index (κ2) is 13.5. The molecule has 4 heterocycles. The quantitative estimate of drug-likeness (QED) is 0.178. The largest absolute Gasteiger partial charge is 0.456 e. The van der Waals surface area contributed by atoms with Gasteiger partial charge in [0.15, 0.2) is 5.84 Å². The van der Waals surface area contributed by atoms with Crippen molar-refractivity contribution in [3.8, 4) is 5.69 Å². The van der Waals surface area contributed by atoms with E-state index in [-0.39, 0.29) is 5.92 Å². The zero-order chi connectivity index (χ0) is 40.9. The smallest absolute Gasteiger partial charge is 0.160 e. The molecule has 0 aliphatic carbocycles. The minimum absolute atomic E-state index is 0.0160. The molecule has 0 saturated heterocycles. The molecule has 0 radical (unpaired) electrons. The maximum Gasteiger partial charge on any atom is 0.160 e. The van der Waals surface area contributed by atoms with E-state index in [1.54, 1.807) is 0 Å². The van der Waals surface area contributed by atoms with Gasteiger partial charge in [-0.2, -0.15) is 0 Å². The molecule has 0 bridgehead atoms. The molecule has 12 aromatic rings. The first kappa shape index (κ1) is 34.8. The van der Waals surface area contributed by atoms with Crippen molar-refractivity contribution < 1.29 is 8.83 Å². The maximum absolute atomic E-state index is 6.65. The third-order valence-electron chi connectivity index (χ3n) is 12.8. The fourth-order valence-electron chi connectivity index (χ4n) is 9.86. The molecule has 5 nitrogen and oxygen atoms in total. The Morgan fingerprint density at radius 2 is 1.08 bits per heavy atom. The highest BCUT2D eigenvalue weighted by Crippen LogP contribution is 2.42. The molecular formula is C57H37N3O2. The second-order valence-electron chi connectivity index (χ2n) is 16.5. The SMILES string of the molecule is CC1C/C=C(c2cc3oc4ccccc4c3cc2-n2c3ccccc3c3cc4ccccc4cc32)/N=C(c2cccc3ccccc23)\N=C/1c1cccc2c1oc1ccccc12. The van der Waals surface area contributed by atoms with E-state index in [4.69, 9.17) is 18.8 Å². The van der Waals surface area contributed by atoms with Crippen LogP contribution in [0.25, 0.3) is 98.6 Å². The number of allylic oxidation sites excluding steroid dienone is 1. The zero-order valence-corrected chi connectivity index (χ0v) is 33.8. The van der Waals surface area contributed by atoms with Gasteiger partial charge in [0.25, 0.3) is 0 Å². The fraction of sp³-hybridized carbons (Fsp3) is 0.0526. The molecule has 0 fully saturated rings. The van der Waals surface area contributed by atoms with Crippen LogP contribution in [0.5, 0.6) is 0 Å². The van der Waals surface area contributed by atoms with E-state index in [0.717, 1.165) is 99.5 Å². The molecule has 1 aliphatic rings. The van der Waals surface area contributed by atoms with Gasteiger partial charge in [-0.3, -0.25) is 0 Å². The first-order valence-electron chi connectivity index (χ1n) is 21.3. The van der Waals surface area contributed by atoms with E-state index in [9.17, 15) is 0 Å². The average molecular weight is 796 g/mol. The minimum Gasteiger partial charge on any atom is -0.456 e. The Kier molecular flexibility index (Phi) is 7.58. The summed E-state index contributed by atoms with van der Waals surface area (Å²) in [4.78, 5) is 11.4. The van der Waals surface area contributed by atoms with Crippen LogP contribution in [0.15, 0.2) is 207 Å². The van der Waals surface area contributed by atoms with Gasteiger partial charge in [0.05, 0.1) is 28.1 Å². The van der Waals surface area contributed by atoms with Crippen molar-refractivity contribution in [2.75, 3.05) is 0 Å². The summed E-state index contributed by atoms with van der Waals surface area (Å²) in [5.74, 6) is 0.661. The van der Waals surface area contributed by atoms with Crippen LogP contribution in [0, 0.1) is 5.92 Å². The monoisotopic (exact) mass is 795 g/mol. The summed E-state index contributed by atoms with van der Waals surface area (Å²) >= 11 is 0. The molecular weight excluding hydrogens is 759 g/mol. The summed E-state index contributed by atoms with van der Waals surface area (Å²) in [6.07, 6.45) is 3.01. The highest BCUT2D eigenvalue weighted by atomic mass is 16.3. The minimum atomic E-state index is 0.0160. The van der Waals surface area contributed by atoms with Crippen LogP contribution in [0.4, 0.5) is 0 Å². The van der Waals surface area contributed by atoms with Gasteiger partial charge in [0.2, 0.25) is 0 Å². The van der Waals surface area contributed by atoms with Crippen molar-refractivity contribution in [3.05, 3.63) is 205 Å². The van der Waals surface area contributed by atoms with Crippen LogP contribution in [0.1, 0.15) is 30.0 Å². The van der Waals surface area contributed by atoms with Crippen LogP contribution in [-0.4, -0.2) is 16.1 Å². The summed E-state index contributed by atoms with van der Waals surface area (Å²) in [7, 11) is 0. The number of amidine groups is 1. The van der Waals surface area contributed by atoms with E-state index in [0.29, 0.717) is 12.3 Å². The summed E-state index contributed by atoms with van der Waals surface area (Å²) in [5, 5.41) is 11.4. The van der Waals surface area contributed by atoms with Crippen molar-refractivity contribution in [2.24, 2.45) is 15.9 Å². The predicted octanol–water partition coefficient (Wildman–Crippen LogP) is 15.2. The molecule has 3 aromatic heterocycles. The highest BCUT2D eigenvalue weighted by Gasteiger charge is 2.26. The molecule has 1 atom stereocenters. The number of furan rings is 2. The Bertz CT molecular complexity index is 3920. The van der Waals surface area contributed by atoms with E-state index in [1.807, 2.05) is 24.3 Å². The van der Waals surface area contributed by atoms with Gasteiger partial charge < -0.3 is 13.4 Å². The van der Waals surface area contributed by atoms with Crippen LogP contribution in [-0.2, 0) is 0 Å². The number of rotatable bonds is 4. The summed E-state index contributed by atoms with van der Waals surface area (Å²) < 4.78 is 15.7. The maximum atomic E-state index is 6.65. The van der Waals surface area contributed by atoms with Crippen molar-refractivity contribution >= 4 is 104 Å². The highest BCUT2D eigenvalue weighted by molar-refractivity contribution is 6.23. The Labute approximate surface area is 356 Å². The summed E-state index contributed by atoms with van der Waals surface area (Å²) in [5.41, 5.74) is 11.4. The number of benzene rings is 9. The van der Waals surface area contributed by atoms with E-state index in [2.05, 4.69) is 175 Å². The molecule has 1 unspecified atom stereocenters. The van der Waals surface area contributed by atoms with Gasteiger partial charge in [0, 0.05) is 54.9 Å². The molecule has 9 aromatic carbocycles. The molecule has 1 aliphatic heterocycles. The Hall–Kier alpha value is -8.02. The van der Waals surface area contributed by atoms with E-state index >= 15 is 0 Å². The number of para-hydroxylation sites is 4. The number of fused-ring (bicyclic) bond motifs is 11. The third-order valence-corrected chi connectivity index (χ3v) is 12.8. The van der Waals surface area contributed by atoms with Crippen molar-refractivity contribution in [2.45, 2.75) is 13.3 Å². The normalized spacial score (nSPS) is 17.4. The van der Waals surface area contributed by atoms with E-state index < -0.39 is 0 Å². The fourth-order valence-corrected chi connectivity index (χ4v) is 9.86. The predicted molar refractivity (Wildman–Crippen MR) is 258 cm³/mol. The first-order chi connectivity index (χ1) is 30.6. The molecule has 0 spiro atoms. The second-order valence-corrected chi connectivity index (χ2v) is 16.5. The van der Waals surface area contributed by atoms with Crippen molar-refractivity contribution in [1.29, 1.82) is 0 Å². The van der Waals surface area contributed by atoms with Crippen molar-refractivity contribution in [1.82, 2.24) is 4.57 Å². The van der Waals surface area contributed by atoms with Gasteiger partial charge in [-0.15, -0.1) is 0 Å². The van der Waals surface area contributed by atoms with Gasteiger partial charge >= 0.3 is 0 Å². The van der Waals surface area contributed by atoms with Crippen LogP contribution in [0.3, 0.4) is 0 Å². The molecule has 0 amide bonds. The lowest BCUT2D eigenvalue weighted by Crippen LogP contribution is -2.17. The van der Waals surface area contributed by atoms with Crippen LogP contribution in [0.2, 0.25) is 0 Å². The number of aliphatic imine (C=N–C) groups is 2. The van der Waals surface area contributed by atoms with Crippen LogP contribution >= 0.6 is 0 Å². The Morgan fingerprint density at radius 1 is 0.452 bits per heavy atom. The van der Waals surface area contributed by atoms with Gasteiger partial charge in [0.1, 0.15) is 22.3 Å². The van der Waals surface area contributed by atoms with Gasteiger partial charge in [-0.1, -0.05) is 146 Å². The van der Waals surface area contributed by atoms with E-state index in [1.165, 1.54) is 21.5 Å². The van der Waals surface area contributed by atoms with Gasteiger partial charge in [-0.05, 0) is 76.5 Å². The average Bonchev–Trinajstić information content (AvgIpc) is 3.98. The third kappa shape index (κ3) is 5.28. The van der Waals surface area contributed by atoms with Crippen molar-refractivity contribution in [3.63, 3.8) is 0 Å². The molecule has 13 rings (SSSR count). The van der Waals surface area contributed by atoms with Crippen LogP contribution < -0.4 is 0 Å². The number of hydrogen-bond donors (Lipinski definition) is 0. The molecule has 5 heteroatoms. The standard InChI is InChI=1S/C57H37N3O2/c1-34-28-29-48(58-57(43-23-12-17-35-14-4-5-18-38(35)43)59-55(34)44-24-13-22-42-40-20-7-11-27-53(40)62-56(42)44)47-33-54-46(41-21-8-10-26-52(41)61-54)32-51(47)60-49-25-9-6-19-39(49)45-30-36-15-2-3-16-37(36)31-50(45)60/h2-27,29-34H,28H2,1H3/b48-29+,58-57-,59-55+. The number of aromatic nitrogens is 1. The number of hydrogen-bond acceptors (Lipinski definition) is 4.